The average molecular weight is 228 g/mol. The van der Waals surface area contributed by atoms with Gasteiger partial charge >= 0.3 is 6.16 Å². The first kappa shape index (κ1) is 14.7. The van der Waals surface area contributed by atoms with Crippen molar-refractivity contribution in [1.29, 1.82) is 0 Å². The monoisotopic (exact) mass is 228 g/mol. The van der Waals surface area contributed by atoms with Crippen molar-refractivity contribution in [1.82, 2.24) is 0 Å². The van der Waals surface area contributed by atoms with Crippen molar-refractivity contribution >= 4 is 11.9 Å². The molecule has 0 N–H and O–H groups in total. The highest BCUT2D eigenvalue weighted by Gasteiger charge is 2.32. The van der Waals surface area contributed by atoms with Gasteiger partial charge in [-0.2, -0.15) is 0 Å². The second kappa shape index (κ2) is 5.68. The quantitative estimate of drug-likeness (QED) is 0.548. The molecule has 0 aliphatic carbocycles. The molecule has 0 rings (SSSR count). The Kier molecular flexibility index (Phi) is 5.21. The number of ketones is 1. The first-order valence-corrected chi connectivity index (χ1v) is 5.15. The number of methoxy groups -OCH3 is 1. The second-order valence-electron chi connectivity index (χ2n) is 4.68. The highest BCUT2D eigenvalue weighted by atomic mass is 16.7. The van der Waals surface area contributed by atoms with Gasteiger partial charge in [-0.1, -0.05) is 40.3 Å². The molecule has 0 fully saturated rings. The summed E-state index contributed by atoms with van der Waals surface area (Å²) in [6.07, 6.45) is -0.0248. The van der Waals surface area contributed by atoms with Gasteiger partial charge in [0.1, 0.15) is 11.9 Å². The third-order valence-corrected chi connectivity index (χ3v) is 2.28. The van der Waals surface area contributed by atoms with E-state index in [9.17, 15) is 9.59 Å². The van der Waals surface area contributed by atoms with Gasteiger partial charge in [0.25, 0.3) is 0 Å². The molecule has 0 bridgehead atoms. The minimum Gasteiger partial charge on any atom is -0.438 e. The van der Waals surface area contributed by atoms with Gasteiger partial charge in [0.2, 0.25) is 0 Å². The van der Waals surface area contributed by atoms with Crippen LogP contribution < -0.4 is 0 Å². The van der Waals surface area contributed by atoms with Crippen LogP contribution in [0.1, 0.15) is 27.7 Å². The molecule has 0 aliphatic rings. The van der Waals surface area contributed by atoms with Crippen LogP contribution in [0.15, 0.2) is 12.7 Å². The Labute approximate surface area is 96.6 Å². The van der Waals surface area contributed by atoms with Crippen LogP contribution in [0.5, 0.6) is 0 Å². The average Bonchev–Trinajstić information content (AvgIpc) is 2.22. The lowest BCUT2D eigenvalue weighted by Crippen LogP contribution is -2.35. The van der Waals surface area contributed by atoms with Gasteiger partial charge < -0.3 is 9.47 Å². The molecule has 0 heterocycles. The Morgan fingerprint density at radius 2 is 1.81 bits per heavy atom. The van der Waals surface area contributed by atoms with Gasteiger partial charge in [0, 0.05) is 5.41 Å². The van der Waals surface area contributed by atoms with Crippen molar-refractivity contribution in [2.24, 2.45) is 11.3 Å². The van der Waals surface area contributed by atoms with E-state index in [2.05, 4.69) is 11.3 Å². The number of hydrogen-bond donors (Lipinski definition) is 0. The SMILES string of the molecule is C=C[C@@H](OC(=O)OC)[C@H](C)C(=O)C(C)(C)C. The summed E-state index contributed by atoms with van der Waals surface area (Å²) in [6, 6.07) is 0. The highest BCUT2D eigenvalue weighted by Crippen LogP contribution is 2.23. The third kappa shape index (κ3) is 4.04. The summed E-state index contributed by atoms with van der Waals surface area (Å²) in [5.74, 6) is -0.419. The molecule has 0 saturated heterocycles. The lowest BCUT2D eigenvalue weighted by Gasteiger charge is -2.26. The van der Waals surface area contributed by atoms with Crippen LogP contribution in [0.25, 0.3) is 0 Å². The van der Waals surface area contributed by atoms with Crippen molar-refractivity contribution in [3.05, 3.63) is 12.7 Å². The largest absolute Gasteiger partial charge is 0.508 e. The standard InChI is InChI=1S/C12H20O4/c1-7-9(16-11(14)15-6)8(2)10(13)12(3,4)5/h7-9H,1H2,2-6H3/t8-,9+/m0/s1. The molecule has 0 unspecified atom stereocenters. The molecule has 0 aliphatic heterocycles. The van der Waals surface area contributed by atoms with E-state index in [0.717, 1.165) is 0 Å². The van der Waals surface area contributed by atoms with E-state index >= 15 is 0 Å². The lowest BCUT2D eigenvalue weighted by atomic mass is 9.81. The molecule has 0 amide bonds. The molecule has 2 atom stereocenters. The van der Waals surface area contributed by atoms with Crippen molar-refractivity contribution in [3.63, 3.8) is 0 Å². The number of Topliss-reactive ketones (excluding diaryl/α,β-unsaturated/α-hetero) is 1. The van der Waals surface area contributed by atoms with E-state index in [1.54, 1.807) is 6.92 Å². The van der Waals surface area contributed by atoms with Crippen molar-refractivity contribution in [2.75, 3.05) is 7.11 Å². The number of carbonyl (C=O) groups is 2. The van der Waals surface area contributed by atoms with Gasteiger partial charge in [0.15, 0.2) is 0 Å². The fourth-order valence-electron chi connectivity index (χ4n) is 1.35. The van der Waals surface area contributed by atoms with Gasteiger partial charge in [0.05, 0.1) is 13.0 Å². The molecule has 4 nitrogen and oxygen atoms in total. The molecule has 4 heteroatoms. The Hall–Kier alpha value is -1.32. The zero-order valence-electron chi connectivity index (χ0n) is 10.6. The summed E-state index contributed by atoms with van der Waals surface area (Å²) in [5.41, 5.74) is -0.472. The maximum Gasteiger partial charge on any atom is 0.508 e. The van der Waals surface area contributed by atoms with Gasteiger partial charge in [-0.05, 0) is 0 Å². The van der Waals surface area contributed by atoms with E-state index in [0.29, 0.717) is 0 Å². The number of rotatable bonds is 4. The molecule has 16 heavy (non-hydrogen) atoms. The van der Waals surface area contributed by atoms with Crippen LogP contribution in [0.2, 0.25) is 0 Å². The summed E-state index contributed by atoms with van der Waals surface area (Å²) >= 11 is 0. The third-order valence-electron chi connectivity index (χ3n) is 2.28. The molecule has 92 valence electrons. The molecule has 0 aromatic rings. The van der Waals surface area contributed by atoms with E-state index in [4.69, 9.17) is 4.74 Å². The number of ether oxygens (including phenoxy) is 2. The lowest BCUT2D eigenvalue weighted by molar-refractivity contribution is -0.132. The summed E-state index contributed by atoms with van der Waals surface area (Å²) in [6.45, 7) is 10.7. The van der Waals surface area contributed by atoms with Crippen LogP contribution >= 0.6 is 0 Å². The van der Waals surface area contributed by atoms with Crippen molar-refractivity contribution < 1.29 is 19.1 Å². The van der Waals surface area contributed by atoms with Crippen LogP contribution in [0.3, 0.4) is 0 Å². The Bertz CT molecular complexity index is 275. The number of hydrogen-bond acceptors (Lipinski definition) is 4. The zero-order valence-corrected chi connectivity index (χ0v) is 10.6. The van der Waals surface area contributed by atoms with E-state index in [1.807, 2.05) is 20.8 Å². The fourth-order valence-corrected chi connectivity index (χ4v) is 1.35. The summed E-state index contributed by atoms with van der Waals surface area (Å²) in [5, 5.41) is 0. The van der Waals surface area contributed by atoms with Crippen LogP contribution in [0, 0.1) is 11.3 Å². The number of carbonyl (C=O) groups excluding carboxylic acids is 2. The Morgan fingerprint density at radius 1 is 1.31 bits per heavy atom. The molecule has 0 aromatic heterocycles. The Balaban J connectivity index is 4.66. The van der Waals surface area contributed by atoms with Crippen molar-refractivity contribution in [2.45, 2.75) is 33.8 Å². The molecular weight excluding hydrogens is 208 g/mol. The maximum absolute atomic E-state index is 12.0. The summed E-state index contributed by atoms with van der Waals surface area (Å²) in [7, 11) is 1.22. The van der Waals surface area contributed by atoms with Crippen LogP contribution in [-0.4, -0.2) is 25.2 Å². The fraction of sp³-hybridized carbons (Fsp3) is 0.667. The molecule has 0 aromatic carbocycles. The topological polar surface area (TPSA) is 52.6 Å². The van der Waals surface area contributed by atoms with Gasteiger partial charge in [-0.25, -0.2) is 4.79 Å². The molecular formula is C12H20O4. The summed E-state index contributed by atoms with van der Waals surface area (Å²) in [4.78, 5) is 22.9. The normalized spacial score (nSPS) is 14.8. The Morgan fingerprint density at radius 3 is 2.12 bits per heavy atom. The molecule has 0 spiro atoms. The van der Waals surface area contributed by atoms with Gasteiger partial charge in [-0.3, -0.25) is 4.79 Å². The first-order chi connectivity index (χ1) is 7.23. The van der Waals surface area contributed by atoms with Crippen LogP contribution in [0.4, 0.5) is 4.79 Å². The second-order valence-corrected chi connectivity index (χ2v) is 4.68. The first-order valence-electron chi connectivity index (χ1n) is 5.15. The van der Waals surface area contributed by atoms with E-state index in [1.165, 1.54) is 13.2 Å². The smallest absolute Gasteiger partial charge is 0.438 e. The highest BCUT2D eigenvalue weighted by molar-refractivity contribution is 5.86. The maximum atomic E-state index is 12.0. The predicted octanol–water partition coefficient (Wildman–Crippen LogP) is 2.58. The van der Waals surface area contributed by atoms with E-state index < -0.39 is 23.6 Å². The van der Waals surface area contributed by atoms with E-state index in [-0.39, 0.29) is 5.78 Å². The summed E-state index contributed by atoms with van der Waals surface area (Å²) < 4.78 is 9.30. The van der Waals surface area contributed by atoms with Crippen LogP contribution in [-0.2, 0) is 14.3 Å². The minimum atomic E-state index is -0.807. The van der Waals surface area contributed by atoms with Gasteiger partial charge in [-0.15, -0.1) is 0 Å². The van der Waals surface area contributed by atoms with Crippen molar-refractivity contribution in [3.8, 4) is 0 Å². The zero-order chi connectivity index (χ0) is 12.9. The minimum absolute atomic E-state index is 0.0151. The molecule has 0 saturated carbocycles. The molecule has 0 radical (unpaired) electrons. The predicted molar refractivity (Wildman–Crippen MR) is 61.1 cm³/mol.